The molecule has 0 atom stereocenters. The maximum Gasteiger partial charge on any atom is 0.314 e. The second kappa shape index (κ2) is 9.71. The van der Waals surface area contributed by atoms with Gasteiger partial charge in [-0.25, -0.2) is 4.79 Å². The standard InChI is InChI=1S/C22H26ClN3O4/c1-22(2,15-7-8-18-19(13-15)30-12-11-29-18)14-26-21(28)25-10-9-24-20(27)16-5-3-4-6-17(16)23/h3-8,13H,9-12,14H2,1-2H3,(H,24,27)(H2,25,26,28). The van der Waals surface area contributed by atoms with Gasteiger partial charge in [0.1, 0.15) is 13.2 Å². The van der Waals surface area contributed by atoms with Gasteiger partial charge in [0.2, 0.25) is 0 Å². The molecule has 0 saturated heterocycles. The summed E-state index contributed by atoms with van der Waals surface area (Å²) in [6, 6.07) is 12.4. The number of rotatable bonds is 7. The largest absolute Gasteiger partial charge is 0.486 e. The zero-order valence-electron chi connectivity index (χ0n) is 17.1. The second-order valence-electron chi connectivity index (χ2n) is 7.59. The molecule has 0 spiro atoms. The van der Waals surface area contributed by atoms with Gasteiger partial charge in [0, 0.05) is 25.0 Å². The topological polar surface area (TPSA) is 88.7 Å². The minimum absolute atomic E-state index is 0.275. The molecule has 160 valence electrons. The van der Waals surface area contributed by atoms with Crippen LogP contribution in [0.3, 0.4) is 0 Å². The predicted molar refractivity (Wildman–Crippen MR) is 116 cm³/mol. The first-order chi connectivity index (χ1) is 14.4. The van der Waals surface area contributed by atoms with Gasteiger partial charge in [-0.3, -0.25) is 4.79 Å². The lowest BCUT2D eigenvalue weighted by atomic mass is 9.84. The third kappa shape index (κ3) is 5.57. The normalized spacial score (nSPS) is 12.8. The van der Waals surface area contributed by atoms with Crippen molar-refractivity contribution in [2.75, 3.05) is 32.8 Å². The average Bonchev–Trinajstić information content (AvgIpc) is 2.75. The van der Waals surface area contributed by atoms with Crippen LogP contribution >= 0.6 is 11.6 Å². The number of benzene rings is 2. The first-order valence-electron chi connectivity index (χ1n) is 9.81. The number of hydrogen-bond donors (Lipinski definition) is 3. The van der Waals surface area contributed by atoms with E-state index in [0.29, 0.717) is 43.4 Å². The Hall–Kier alpha value is -2.93. The van der Waals surface area contributed by atoms with Crippen LogP contribution in [0.5, 0.6) is 11.5 Å². The highest BCUT2D eigenvalue weighted by Crippen LogP contribution is 2.34. The van der Waals surface area contributed by atoms with E-state index in [1.165, 1.54) is 0 Å². The molecule has 1 aliphatic heterocycles. The number of urea groups is 1. The van der Waals surface area contributed by atoms with Crippen LogP contribution in [0.15, 0.2) is 42.5 Å². The van der Waals surface area contributed by atoms with Gasteiger partial charge in [-0.05, 0) is 29.8 Å². The van der Waals surface area contributed by atoms with Crippen LogP contribution in [0.2, 0.25) is 5.02 Å². The van der Waals surface area contributed by atoms with E-state index >= 15 is 0 Å². The minimum Gasteiger partial charge on any atom is -0.486 e. The molecular weight excluding hydrogens is 406 g/mol. The van der Waals surface area contributed by atoms with Gasteiger partial charge in [0.25, 0.3) is 5.91 Å². The summed E-state index contributed by atoms with van der Waals surface area (Å²) < 4.78 is 11.2. The molecule has 3 N–H and O–H groups in total. The molecule has 8 heteroatoms. The SMILES string of the molecule is CC(C)(CNC(=O)NCCNC(=O)c1ccccc1Cl)c1ccc2c(c1)OCCO2. The molecule has 2 aromatic carbocycles. The molecule has 0 aliphatic carbocycles. The van der Waals surface area contributed by atoms with E-state index in [1.807, 2.05) is 32.0 Å². The van der Waals surface area contributed by atoms with Crippen LogP contribution in [-0.2, 0) is 5.41 Å². The number of ether oxygens (including phenoxy) is 2. The van der Waals surface area contributed by atoms with E-state index < -0.39 is 0 Å². The molecule has 0 unspecified atom stereocenters. The van der Waals surface area contributed by atoms with Crippen molar-refractivity contribution in [1.29, 1.82) is 0 Å². The highest BCUT2D eigenvalue weighted by atomic mass is 35.5. The van der Waals surface area contributed by atoms with E-state index in [9.17, 15) is 9.59 Å². The van der Waals surface area contributed by atoms with Crippen molar-refractivity contribution in [2.45, 2.75) is 19.3 Å². The smallest absolute Gasteiger partial charge is 0.314 e. The lowest BCUT2D eigenvalue weighted by molar-refractivity contribution is 0.0954. The summed E-state index contributed by atoms with van der Waals surface area (Å²) in [7, 11) is 0. The van der Waals surface area contributed by atoms with Crippen molar-refractivity contribution >= 4 is 23.5 Å². The molecule has 0 bridgehead atoms. The Morgan fingerprint density at radius 2 is 1.67 bits per heavy atom. The Labute approximate surface area is 181 Å². The van der Waals surface area contributed by atoms with E-state index in [-0.39, 0.29) is 17.4 Å². The first-order valence-corrected chi connectivity index (χ1v) is 10.2. The van der Waals surface area contributed by atoms with Gasteiger partial charge < -0.3 is 25.4 Å². The molecule has 0 radical (unpaired) electrons. The van der Waals surface area contributed by atoms with Crippen LogP contribution < -0.4 is 25.4 Å². The molecule has 2 aromatic rings. The minimum atomic E-state index is -0.300. The number of hydrogen-bond acceptors (Lipinski definition) is 4. The number of carbonyl (C=O) groups excluding carboxylic acids is 2. The summed E-state index contributed by atoms with van der Waals surface area (Å²) in [5.41, 5.74) is 1.15. The maximum atomic E-state index is 12.1. The van der Waals surface area contributed by atoms with Crippen molar-refractivity contribution in [3.05, 3.63) is 58.6 Å². The number of carbonyl (C=O) groups is 2. The Morgan fingerprint density at radius 3 is 2.43 bits per heavy atom. The summed E-state index contributed by atoms with van der Waals surface area (Å²) >= 11 is 6.00. The monoisotopic (exact) mass is 431 g/mol. The second-order valence-corrected chi connectivity index (χ2v) is 7.99. The van der Waals surface area contributed by atoms with Crippen molar-refractivity contribution < 1.29 is 19.1 Å². The lowest BCUT2D eigenvalue weighted by Gasteiger charge is -2.27. The Bertz CT molecular complexity index is 917. The van der Waals surface area contributed by atoms with Crippen LogP contribution in [0.1, 0.15) is 29.8 Å². The highest BCUT2D eigenvalue weighted by Gasteiger charge is 2.24. The molecule has 0 aromatic heterocycles. The Kier molecular flexibility index (Phi) is 7.05. The van der Waals surface area contributed by atoms with E-state index in [0.717, 1.165) is 17.1 Å². The van der Waals surface area contributed by atoms with E-state index in [2.05, 4.69) is 16.0 Å². The molecule has 3 rings (SSSR count). The van der Waals surface area contributed by atoms with Crippen LogP contribution in [0.25, 0.3) is 0 Å². The molecule has 7 nitrogen and oxygen atoms in total. The predicted octanol–water partition coefficient (Wildman–Crippen LogP) is 3.12. The summed E-state index contributed by atoms with van der Waals surface area (Å²) in [6.07, 6.45) is 0. The summed E-state index contributed by atoms with van der Waals surface area (Å²) in [5.74, 6) is 1.19. The molecule has 1 heterocycles. The van der Waals surface area contributed by atoms with Gasteiger partial charge in [-0.2, -0.15) is 0 Å². The van der Waals surface area contributed by atoms with Gasteiger partial charge in [0.05, 0.1) is 10.6 Å². The van der Waals surface area contributed by atoms with Crippen LogP contribution in [-0.4, -0.2) is 44.8 Å². The zero-order chi connectivity index (χ0) is 21.6. The fourth-order valence-electron chi connectivity index (χ4n) is 3.02. The quantitative estimate of drug-likeness (QED) is 0.588. The van der Waals surface area contributed by atoms with Crippen molar-refractivity contribution in [3.8, 4) is 11.5 Å². The molecular formula is C22H26ClN3O4. The summed E-state index contributed by atoms with van der Waals surface area (Å²) in [5, 5.41) is 8.73. The third-order valence-electron chi connectivity index (χ3n) is 4.83. The van der Waals surface area contributed by atoms with E-state index in [1.54, 1.807) is 24.3 Å². The highest BCUT2D eigenvalue weighted by molar-refractivity contribution is 6.33. The van der Waals surface area contributed by atoms with Gasteiger partial charge in [0.15, 0.2) is 11.5 Å². The number of fused-ring (bicyclic) bond motifs is 1. The molecule has 1 aliphatic rings. The van der Waals surface area contributed by atoms with Gasteiger partial charge >= 0.3 is 6.03 Å². The van der Waals surface area contributed by atoms with Crippen molar-refractivity contribution in [2.24, 2.45) is 0 Å². The first kappa shape index (κ1) is 21.8. The lowest BCUT2D eigenvalue weighted by Crippen LogP contribution is -2.44. The molecule has 0 fully saturated rings. The Balaban J connectivity index is 1.42. The van der Waals surface area contributed by atoms with E-state index in [4.69, 9.17) is 21.1 Å². The van der Waals surface area contributed by atoms with Gasteiger partial charge in [-0.15, -0.1) is 0 Å². The zero-order valence-corrected chi connectivity index (χ0v) is 17.8. The third-order valence-corrected chi connectivity index (χ3v) is 5.16. The fourth-order valence-corrected chi connectivity index (χ4v) is 3.24. The van der Waals surface area contributed by atoms with Crippen LogP contribution in [0.4, 0.5) is 4.79 Å². The number of halogens is 1. The van der Waals surface area contributed by atoms with Crippen LogP contribution in [0, 0.1) is 0 Å². The summed E-state index contributed by atoms with van der Waals surface area (Å²) in [4.78, 5) is 24.2. The van der Waals surface area contributed by atoms with Gasteiger partial charge in [-0.1, -0.05) is 43.6 Å². The molecule has 30 heavy (non-hydrogen) atoms. The number of amides is 3. The number of nitrogens with one attached hydrogen (secondary N) is 3. The fraction of sp³-hybridized carbons (Fsp3) is 0.364. The molecule has 3 amide bonds. The Morgan fingerprint density at radius 1 is 0.967 bits per heavy atom. The molecule has 0 saturated carbocycles. The average molecular weight is 432 g/mol. The van der Waals surface area contributed by atoms with Crippen molar-refractivity contribution in [3.63, 3.8) is 0 Å². The van der Waals surface area contributed by atoms with Crippen molar-refractivity contribution in [1.82, 2.24) is 16.0 Å². The summed E-state index contributed by atoms with van der Waals surface area (Å²) in [6.45, 7) is 6.20. The maximum absolute atomic E-state index is 12.1.